The number of hydrogen-bond donors (Lipinski definition) is 1. The van der Waals surface area contributed by atoms with E-state index in [1.54, 1.807) is 0 Å². The lowest BCUT2D eigenvalue weighted by Gasteiger charge is -2.26. The highest BCUT2D eigenvalue weighted by Crippen LogP contribution is 2.44. The Morgan fingerprint density at radius 1 is 1.32 bits per heavy atom. The minimum atomic E-state index is 0.674. The molecule has 1 heterocycles. The maximum Gasteiger partial charge on any atom is 0.0945 e. The number of fused-ring (bicyclic) bond motifs is 2. The van der Waals surface area contributed by atoms with Gasteiger partial charge >= 0.3 is 0 Å². The van der Waals surface area contributed by atoms with Crippen LogP contribution in [0.5, 0.6) is 0 Å². The van der Waals surface area contributed by atoms with Crippen LogP contribution in [-0.4, -0.2) is 22.1 Å². The van der Waals surface area contributed by atoms with E-state index < -0.39 is 0 Å². The molecule has 0 saturated heterocycles. The highest BCUT2D eigenvalue weighted by Gasteiger charge is 2.38. The van der Waals surface area contributed by atoms with Crippen molar-refractivity contribution in [1.82, 2.24) is 14.9 Å². The zero-order chi connectivity index (χ0) is 13.1. The van der Waals surface area contributed by atoms with Crippen molar-refractivity contribution in [1.29, 1.82) is 0 Å². The quantitative estimate of drug-likeness (QED) is 0.603. The molecule has 3 rings (SSSR count). The molecule has 0 radical (unpaired) electrons. The second-order valence-electron chi connectivity index (χ2n) is 6.19. The number of allylic oxidation sites excluding steroid dienone is 2. The number of nitrogens with zero attached hydrogens (tertiary/aromatic N) is 2. The van der Waals surface area contributed by atoms with Gasteiger partial charge in [0.25, 0.3) is 0 Å². The number of unbranched alkanes of at least 4 members (excludes halogenated alkanes) is 1. The molecular weight excluding hydrogens is 234 g/mol. The molecule has 3 heteroatoms. The zero-order valence-corrected chi connectivity index (χ0v) is 11.8. The number of nitrogens with one attached hydrogen (secondary N) is 1. The van der Waals surface area contributed by atoms with Gasteiger partial charge in [-0.2, -0.15) is 0 Å². The molecule has 1 aromatic heterocycles. The van der Waals surface area contributed by atoms with Gasteiger partial charge in [-0.25, -0.2) is 4.98 Å². The summed E-state index contributed by atoms with van der Waals surface area (Å²) in [7, 11) is 0. The second kappa shape index (κ2) is 5.91. The van der Waals surface area contributed by atoms with Crippen LogP contribution in [0.25, 0.3) is 0 Å². The van der Waals surface area contributed by atoms with Crippen LogP contribution in [0.3, 0.4) is 0 Å². The third-order valence-electron chi connectivity index (χ3n) is 4.84. The van der Waals surface area contributed by atoms with Crippen molar-refractivity contribution in [2.45, 2.75) is 45.2 Å². The first kappa shape index (κ1) is 12.9. The summed E-state index contributed by atoms with van der Waals surface area (Å²) in [6.45, 7) is 4.61. The number of imidazole rings is 1. The first-order valence-electron chi connectivity index (χ1n) is 7.70. The Labute approximate surface area is 116 Å². The Bertz CT molecular complexity index is 410. The number of hydrogen-bond acceptors (Lipinski definition) is 2. The Morgan fingerprint density at radius 3 is 2.95 bits per heavy atom. The Hall–Kier alpha value is -1.09. The van der Waals surface area contributed by atoms with Crippen molar-refractivity contribution in [3.05, 3.63) is 30.9 Å². The minimum Gasteiger partial charge on any atom is -0.337 e. The molecule has 1 aromatic rings. The summed E-state index contributed by atoms with van der Waals surface area (Å²) in [6, 6.07) is 0.674. The van der Waals surface area contributed by atoms with Gasteiger partial charge in [-0.1, -0.05) is 12.2 Å². The fourth-order valence-electron chi connectivity index (χ4n) is 3.72. The standard InChI is InChI=1S/C16H25N3/c1-13(16-11-14-4-5-15(16)10-14)18-6-2-3-8-19-9-7-17-12-19/h4-5,7,9,12-16,18H,2-3,6,8,10-11H2,1H3. The van der Waals surface area contributed by atoms with Crippen molar-refractivity contribution in [3.63, 3.8) is 0 Å². The average molecular weight is 259 g/mol. The lowest BCUT2D eigenvalue weighted by molar-refractivity contribution is 0.325. The molecule has 19 heavy (non-hydrogen) atoms. The third-order valence-corrected chi connectivity index (χ3v) is 4.84. The zero-order valence-electron chi connectivity index (χ0n) is 11.8. The van der Waals surface area contributed by atoms with E-state index in [0.29, 0.717) is 6.04 Å². The summed E-state index contributed by atoms with van der Waals surface area (Å²) in [5.41, 5.74) is 0. The average Bonchev–Trinajstić information content (AvgIpc) is 3.15. The summed E-state index contributed by atoms with van der Waals surface area (Å²) in [4.78, 5) is 4.06. The van der Waals surface area contributed by atoms with Gasteiger partial charge in [-0.3, -0.25) is 0 Å². The summed E-state index contributed by atoms with van der Waals surface area (Å²) < 4.78 is 2.16. The normalized spacial score (nSPS) is 30.1. The molecule has 2 aliphatic rings. The van der Waals surface area contributed by atoms with Gasteiger partial charge in [-0.05, 0) is 56.9 Å². The van der Waals surface area contributed by atoms with Crippen molar-refractivity contribution in [2.75, 3.05) is 6.54 Å². The molecule has 0 spiro atoms. The minimum absolute atomic E-state index is 0.674. The molecule has 104 valence electrons. The predicted molar refractivity (Wildman–Crippen MR) is 77.8 cm³/mol. The smallest absolute Gasteiger partial charge is 0.0945 e. The molecular formula is C16H25N3. The van der Waals surface area contributed by atoms with Gasteiger partial charge in [0.15, 0.2) is 0 Å². The number of aromatic nitrogens is 2. The lowest BCUT2D eigenvalue weighted by Crippen LogP contribution is -2.36. The molecule has 2 aliphatic carbocycles. The molecule has 0 amide bonds. The maximum absolute atomic E-state index is 4.06. The van der Waals surface area contributed by atoms with Crippen molar-refractivity contribution >= 4 is 0 Å². The van der Waals surface area contributed by atoms with E-state index in [1.807, 2.05) is 18.7 Å². The number of aryl methyl sites for hydroxylation is 1. The van der Waals surface area contributed by atoms with Crippen LogP contribution in [0.1, 0.15) is 32.6 Å². The van der Waals surface area contributed by atoms with Crippen LogP contribution >= 0.6 is 0 Å². The fraction of sp³-hybridized carbons (Fsp3) is 0.688. The molecule has 0 aliphatic heterocycles. The van der Waals surface area contributed by atoms with Gasteiger partial charge in [-0.15, -0.1) is 0 Å². The first-order valence-corrected chi connectivity index (χ1v) is 7.70. The van der Waals surface area contributed by atoms with E-state index in [-0.39, 0.29) is 0 Å². The largest absolute Gasteiger partial charge is 0.337 e. The van der Waals surface area contributed by atoms with Crippen LogP contribution < -0.4 is 5.32 Å². The van der Waals surface area contributed by atoms with Crippen LogP contribution in [0.15, 0.2) is 30.9 Å². The van der Waals surface area contributed by atoms with Gasteiger partial charge in [0, 0.05) is 25.0 Å². The Balaban J connectivity index is 1.31. The molecule has 4 atom stereocenters. The predicted octanol–water partition coefficient (Wildman–Crippen LogP) is 2.85. The fourth-order valence-corrected chi connectivity index (χ4v) is 3.72. The Kier molecular flexibility index (Phi) is 4.02. The van der Waals surface area contributed by atoms with E-state index in [1.165, 1.54) is 25.7 Å². The first-order chi connectivity index (χ1) is 9.33. The van der Waals surface area contributed by atoms with Crippen molar-refractivity contribution in [3.8, 4) is 0 Å². The van der Waals surface area contributed by atoms with E-state index >= 15 is 0 Å². The number of rotatable bonds is 7. The maximum atomic E-state index is 4.06. The van der Waals surface area contributed by atoms with E-state index in [2.05, 4.69) is 33.9 Å². The van der Waals surface area contributed by atoms with E-state index in [9.17, 15) is 0 Å². The highest BCUT2D eigenvalue weighted by atomic mass is 15.0. The molecule has 1 N–H and O–H groups in total. The van der Waals surface area contributed by atoms with Crippen molar-refractivity contribution < 1.29 is 0 Å². The summed E-state index contributed by atoms with van der Waals surface area (Å²) >= 11 is 0. The molecule has 2 bridgehead atoms. The summed E-state index contributed by atoms with van der Waals surface area (Å²) in [5, 5.41) is 3.73. The highest BCUT2D eigenvalue weighted by molar-refractivity contribution is 5.11. The van der Waals surface area contributed by atoms with Crippen LogP contribution in [0.2, 0.25) is 0 Å². The molecule has 1 fully saturated rings. The third kappa shape index (κ3) is 3.08. The van der Waals surface area contributed by atoms with E-state index in [0.717, 1.165) is 30.8 Å². The molecule has 4 unspecified atom stereocenters. The van der Waals surface area contributed by atoms with Crippen molar-refractivity contribution in [2.24, 2.45) is 17.8 Å². The monoisotopic (exact) mass is 259 g/mol. The molecule has 1 saturated carbocycles. The SMILES string of the molecule is CC(NCCCCn1ccnc1)C1CC2C=CC1C2. The van der Waals surface area contributed by atoms with Gasteiger partial charge < -0.3 is 9.88 Å². The van der Waals surface area contributed by atoms with Gasteiger partial charge in [0.2, 0.25) is 0 Å². The van der Waals surface area contributed by atoms with Crippen LogP contribution in [0, 0.1) is 17.8 Å². The molecule has 3 nitrogen and oxygen atoms in total. The molecule has 0 aromatic carbocycles. The summed E-state index contributed by atoms with van der Waals surface area (Å²) in [6.07, 6.45) is 16.0. The Morgan fingerprint density at radius 2 is 2.26 bits per heavy atom. The second-order valence-corrected chi connectivity index (χ2v) is 6.19. The van der Waals surface area contributed by atoms with Crippen LogP contribution in [0.4, 0.5) is 0 Å². The lowest BCUT2D eigenvalue weighted by atomic mass is 9.87. The van der Waals surface area contributed by atoms with E-state index in [4.69, 9.17) is 0 Å². The summed E-state index contributed by atoms with van der Waals surface area (Å²) in [5.74, 6) is 2.63. The van der Waals surface area contributed by atoms with Gasteiger partial charge in [0.05, 0.1) is 6.33 Å². The van der Waals surface area contributed by atoms with Gasteiger partial charge in [0.1, 0.15) is 0 Å². The van der Waals surface area contributed by atoms with Crippen LogP contribution in [-0.2, 0) is 6.54 Å². The topological polar surface area (TPSA) is 29.9 Å².